The molecule has 2 aromatic carbocycles. The van der Waals surface area contributed by atoms with Crippen LogP contribution in [0.15, 0.2) is 53.5 Å². The number of hydrogen-bond donors (Lipinski definition) is 1. The average Bonchev–Trinajstić information content (AvgIpc) is 3.92. The van der Waals surface area contributed by atoms with Crippen molar-refractivity contribution >= 4 is 17.1 Å². The minimum atomic E-state index is -0.899. The highest BCUT2D eigenvalue weighted by atomic mass is 16.6. The van der Waals surface area contributed by atoms with Crippen LogP contribution in [0.2, 0.25) is 0 Å². The molecule has 0 amide bonds. The molecule has 0 bridgehead atoms. The van der Waals surface area contributed by atoms with E-state index in [-0.39, 0.29) is 33.0 Å². The van der Waals surface area contributed by atoms with Gasteiger partial charge in [-0.05, 0) is 81.3 Å². The zero-order valence-corrected chi connectivity index (χ0v) is 27.7. The normalized spacial score (nSPS) is 54.5. The fraction of sp³-hybridized carbons (Fsp3) is 0.675. The van der Waals surface area contributed by atoms with Crippen LogP contribution in [0, 0.1) is 22.2 Å². The van der Waals surface area contributed by atoms with E-state index in [4.69, 9.17) is 14.5 Å². The average molecular weight is 631 g/mol. The van der Waals surface area contributed by atoms with Crippen LogP contribution in [-0.2, 0) is 20.3 Å². The molecule has 13 atom stereocenters. The predicted octanol–water partition coefficient (Wildman–Crippen LogP) is 4.77. The van der Waals surface area contributed by atoms with Crippen LogP contribution < -0.4 is 4.90 Å². The molecule has 11 aliphatic rings. The fourth-order valence-electron chi connectivity index (χ4n) is 16.0. The Hall–Kier alpha value is -2.29. The van der Waals surface area contributed by atoms with Crippen molar-refractivity contribution in [3.8, 4) is 0 Å². The third-order valence-electron chi connectivity index (χ3n) is 17.0. The summed E-state index contributed by atoms with van der Waals surface area (Å²) in [4.78, 5) is 14.0. The van der Waals surface area contributed by atoms with Crippen LogP contribution in [0.25, 0.3) is 0 Å². The lowest BCUT2D eigenvalue weighted by Crippen LogP contribution is -2.80. The Morgan fingerprint density at radius 3 is 2.34 bits per heavy atom. The maximum atomic E-state index is 13.9. The van der Waals surface area contributed by atoms with E-state index in [9.17, 15) is 5.11 Å². The van der Waals surface area contributed by atoms with E-state index < -0.39 is 5.72 Å². The number of aliphatic hydroxyl groups is 1. The van der Waals surface area contributed by atoms with Gasteiger partial charge in [-0.3, -0.25) is 14.8 Å². The summed E-state index contributed by atoms with van der Waals surface area (Å²) in [6, 6.07) is 19.1. The Balaban J connectivity index is 1.07. The summed E-state index contributed by atoms with van der Waals surface area (Å²) in [7, 11) is 0. The summed E-state index contributed by atoms with van der Waals surface area (Å²) in [5.41, 5.74) is 5.59. The second-order valence-corrected chi connectivity index (χ2v) is 18.0. The number of para-hydroxylation sites is 2. The Bertz CT molecular complexity index is 1850. The van der Waals surface area contributed by atoms with Gasteiger partial charge in [-0.1, -0.05) is 50.2 Å². The number of fused-ring (bicyclic) bond motifs is 8. The van der Waals surface area contributed by atoms with Gasteiger partial charge in [0.2, 0.25) is 0 Å². The van der Waals surface area contributed by atoms with Crippen LogP contribution in [0.1, 0.15) is 69.9 Å². The van der Waals surface area contributed by atoms with Crippen molar-refractivity contribution in [2.24, 2.45) is 27.2 Å². The molecule has 9 aliphatic heterocycles. The molecule has 1 N–H and O–H groups in total. The van der Waals surface area contributed by atoms with Gasteiger partial charge >= 0.3 is 0 Å². The van der Waals surface area contributed by atoms with Crippen LogP contribution in [0.3, 0.4) is 0 Å². The molecule has 2 saturated carbocycles. The Morgan fingerprint density at radius 2 is 1.53 bits per heavy atom. The largest absolute Gasteiger partial charge is 0.370 e. The standard InChI is InChI=1S/C40H46N4O3/c1-3-36-18-23-17-35(22-44-27-12-8-6-10-25(27)39(40(23,44)45)14-16-43(34(36)39)20-28-30(36)46-28)21-37(4-2)31-29(47-31)19-42-15-13-38(33(37)42)24-9-5-7-11-26(24)41-32(35)38/h5-12,23,28-31,33-34,45H,3-4,13-22H2,1-2H3. The second-order valence-electron chi connectivity index (χ2n) is 18.0. The van der Waals surface area contributed by atoms with Crippen molar-refractivity contribution in [1.29, 1.82) is 0 Å². The van der Waals surface area contributed by atoms with E-state index in [1.807, 2.05) is 0 Å². The highest BCUT2D eigenvalue weighted by Gasteiger charge is 2.85. The van der Waals surface area contributed by atoms with Crippen molar-refractivity contribution in [2.75, 3.05) is 37.6 Å². The third-order valence-corrected chi connectivity index (χ3v) is 17.0. The van der Waals surface area contributed by atoms with Gasteiger partial charge in [-0.25, -0.2) is 0 Å². The second kappa shape index (κ2) is 7.71. The van der Waals surface area contributed by atoms with Crippen molar-refractivity contribution < 1.29 is 14.6 Å². The fourth-order valence-corrected chi connectivity index (χ4v) is 16.0. The minimum absolute atomic E-state index is 0.0649. The summed E-state index contributed by atoms with van der Waals surface area (Å²) < 4.78 is 13.3. The van der Waals surface area contributed by atoms with Crippen molar-refractivity contribution in [1.82, 2.24) is 9.80 Å². The van der Waals surface area contributed by atoms with Crippen LogP contribution >= 0.6 is 0 Å². The lowest BCUT2D eigenvalue weighted by Gasteiger charge is -2.69. The maximum absolute atomic E-state index is 13.9. The summed E-state index contributed by atoms with van der Waals surface area (Å²) in [5, 5.41) is 13.9. The monoisotopic (exact) mass is 630 g/mol. The molecule has 9 fully saturated rings. The molecule has 0 radical (unpaired) electrons. The van der Waals surface area contributed by atoms with Gasteiger partial charge in [0.1, 0.15) is 0 Å². The van der Waals surface area contributed by atoms with Crippen molar-refractivity contribution in [2.45, 2.75) is 112 Å². The highest BCUT2D eigenvalue weighted by molar-refractivity contribution is 6.08. The van der Waals surface area contributed by atoms with Crippen LogP contribution in [-0.4, -0.2) is 95.6 Å². The molecule has 7 saturated heterocycles. The van der Waals surface area contributed by atoms with E-state index in [0.29, 0.717) is 36.5 Å². The number of hydrogen-bond acceptors (Lipinski definition) is 7. The summed E-state index contributed by atoms with van der Waals surface area (Å²) in [5.74, 6) is 0.147. The zero-order valence-electron chi connectivity index (χ0n) is 27.7. The highest BCUT2D eigenvalue weighted by Crippen LogP contribution is 2.77. The quantitative estimate of drug-likeness (QED) is 0.483. The van der Waals surface area contributed by atoms with Crippen LogP contribution in [0.5, 0.6) is 0 Å². The molecule has 9 heterocycles. The number of benzene rings is 2. The first kappa shape index (κ1) is 26.6. The number of anilines is 1. The van der Waals surface area contributed by atoms with E-state index in [1.54, 1.807) is 0 Å². The first-order valence-electron chi connectivity index (χ1n) is 19.0. The molecule has 3 spiro atoms. The van der Waals surface area contributed by atoms with E-state index in [0.717, 1.165) is 77.7 Å². The molecular weight excluding hydrogens is 584 g/mol. The molecule has 2 aliphatic carbocycles. The molecule has 13 unspecified atom stereocenters. The van der Waals surface area contributed by atoms with Crippen molar-refractivity contribution in [3.63, 3.8) is 0 Å². The third kappa shape index (κ3) is 2.46. The lowest BCUT2D eigenvalue weighted by atomic mass is 9.41. The van der Waals surface area contributed by atoms with Gasteiger partial charge in [0.25, 0.3) is 0 Å². The number of aliphatic imine (C=N–C) groups is 1. The van der Waals surface area contributed by atoms with E-state index in [2.05, 4.69) is 77.1 Å². The molecule has 13 rings (SSSR count). The number of epoxide rings is 2. The summed E-state index contributed by atoms with van der Waals surface area (Å²) in [6.45, 7) is 10.0. The maximum Gasteiger partial charge on any atom is 0.152 e. The molecular formula is C40H46N4O3. The number of piperidine rings is 3. The topological polar surface area (TPSA) is 67.4 Å². The van der Waals surface area contributed by atoms with Gasteiger partial charge in [-0.15, -0.1) is 0 Å². The Morgan fingerprint density at radius 1 is 0.830 bits per heavy atom. The molecule has 0 aromatic heterocycles. The lowest BCUT2D eigenvalue weighted by molar-refractivity contribution is -0.195. The first-order chi connectivity index (χ1) is 22.9. The number of rotatable bonds is 2. The van der Waals surface area contributed by atoms with E-state index >= 15 is 0 Å². The Labute approximate surface area is 277 Å². The molecule has 7 heteroatoms. The minimum Gasteiger partial charge on any atom is -0.370 e. The van der Waals surface area contributed by atoms with Gasteiger partial charge in [-0.2, -0.15) is 0 Å². The molecule has 47 heavy (non-hydrogen) atoms. The van der Waals surface area contributed by atoms with Gasteiger partial charge in [0.05, 0.1) is 40.9 Å². The summed E-state index contributed by atoms with van der Waals surface area (Å²) in [6.07, 6.45) is 9.02. The molecule has 7 nitrogen and oxygen atoms in total. The Kier molecular flexibility index (Phi) is 4.36. The SMILES string of the molecule is CCC12CC3(CC4CC5(CC)C6OC6CN6CCC7(c8ccccc8N(C3)C47O)C65)C3=Nc4ccccc4C34CCN(CC3OC31)C42. The van der Waals surface area contributed by atoms with E-state index in [1.165, 1.54) is 28.2 Å². The van der Waals surface area contributed by atoms with Gasteiger partial charge < -0.3 is 19.5 Å². The first-order valence-corrected chi connectivity index (χ1v) is 19.0. The van der Waals surface area contributed by atoms with Crippen LogP contribution in [0.4, 0.5) is 11.4 Å². The molecule has 2 aromatic rings. The van der Waals surface area contributed by atoms with Crippen molar-refractivity contribution in [3.05, 3.63) is 59.7 Å². The predicted molar refractivity (Wildman–Crippen MR) is 178 cm³/mol. The van der Waals surface area contributed by atoms with Gasteiger partial charge in [0.15, 0.2) is 5.72 Å². The smallest absolute Gasteiger partial charge is 0.152 e. The number of nitrogens with zero attached hydrogens (tertiary/aromatic N) is 4. The molecule has 244 valence electrons. The summed E-state index contributed by atoms with van der Waals surface area (Å²) >= 11 is 0. The zero-order chi connectivity index (χ0) is 30.9. The van der Waals surface area contributed by atoms with Gasteiger partial charge in [0, 0.05) is 65.3 Å². The number of ether oxygens (including phenoxy) is 2.